The van der Waals surface area contributed by atoms with Crippen LogP contribution in [-0.2, 0) is 19.4 Å². The Hall–Kier alpha value is -3.61. The van der Waals surface area contributed by atoms with E-state index >= 15 is 0 Å². The minimum atomic E-state index is -0.143. The zero-order valence-corrected chi connectivity index (χ0v) is 26.1. The van der Waals surface area contributed by atoms with Crippen molar-refractivity contribution in [2.24, 2.45) is 16.3 Å². The van der Waals surface area contributed by atoms with Crippen molar-refractivity contribution in [1.29, 1.82) is 0 Å². The number of thiophene rings is 1. The molecule has 0 radical (unpaired) electrons. The highest BCUT2D eigenvalue weighted by Crippen LogP contribution is 2.45. The van der Waals surface area contributed by atoms with Gasteiger partial charge in [0.05, 0.1) is 12.2 Å². The molecule has 0 spiro atoms. The maximum atomic E-state index is 13.7. The van der Waals surface area contributed by atoms with Gasteiger partial charge in [-0.15, -0.1) is 11.3 Å². The second kappa shape index (κ2) is 13.1. The molecule has 0 unspecified atom stereocenters. The molecule has 0 saturated carbocycles. The van der Waals surface area contributed by atoms with Gasteiger partial charge in [0.25, 0.3) is 5.91 Å². The molecular weight excluding hydrogens is 564 g/mol. The first-order chi connectivity index (χ1) is 20.2. The van der Waals surface area contributed by atoms with Crippen LogP contribution in [0, 0.1) is 11.3 Å². The predicted molar refractivity (Wildman–Crippen MR) is 174 cm³/mol. The Morgan fingerprint density at radius 3 is 2.52 bits per heavy atom. The molecule has 3 aromatic carbocycles. The summed E-state index contributed by atoms with van der Waals surface area (Å²) >= 11 is 7.69. The summed E-state index contributed by atoms with van der Waals surface area (Å²) in [5, 5.41) is 4.41. The number of nitrogens with one attached hydrogen (secondary N) is 1. The van der Waals surface area contributed by atoms with E-state index in [9.17, 15) is 4.79 Å². The second-order valence-electron chi connectivity index (χ2n) is 11.6. The first-order valence-electron chi connectivity index (χ1n) is 14.4. The lowest BCUT2D eigenvalue weighted by Crippen LogP contribution is -2.27. The lowest BCUT2D eigenvalue weighted by Gasteiger charge is -2.33. The van der Waals surface area contributed by atoms with Crippen LogP contribution in [0.25, 0.3) is 0 Å². The maximum Gasteiger partial charge on any atom is 0.259 e. The molecular formula is C35H37ClN2O3S. The van der Waals surface area contributed by atoms with Crippen LogP contribution in [0.3, 0.4) is 0 Å². The largest absolute Gasteiger partial charge is 0.490 e. The van der Waals surface area contributed by atoms with E-state index in [1.54, 1.807) is 29.7 Å². The molecule has 1 amide bonds. The van der Waals surface area contributed by atoms with Crippen molar-refractivity contribution in [3.05, 3.63) is 105 Å². The maximum absolute atomic E-state index is 13.7. The quantitative estimate of drug-likeness (QED) is 0.195. The van der Waals surface area contributed by atoms with Gasteiger partial charge in [-0.1, -0.05) is 62.7 Å². The molecule has 5 nitrogen and oxygen atoms in total. The lowest BCUT2D eigenvalue weighted by atomic mass is 9.72. The SMILES string of the molecule is CCOc1cc(C=Nc2sc3c(c2C(=O)Nc2ccc(Cl)cc2)CC[C@@H](C(C)(C)C)C3)ccc1OCc1ccccc1. The number of benzene rings is 3. The summed E-state index contributed by atoms with van der Waals surface area (Å²) in [6.45, 7) is 9.82. The molecule has 0 bridgehead atoms. The van der Waals surface area contributed by atoms with E-state index in [0.717, 1.165) is 41.0 Å². The van der Waals surface area contributed by atoms with Gasteiger partial charge < -0.3 is 14.8 Å². The van der Waals surface area contributed by atoms with Crippen LogP contribution in [0.1, 0.15) is 66.0 Å². The number of amides is 1. The summed E-state index contributed by atoms with van der Waals surface area (Å²) < 4.78 is 12.0. The minimum Gasteiger partial charge on any atom is -0.490 e. The molecule has 42 heavy (non-hydrogen) atoms. The monoisotopic (exact) mass is 600 g/mol. The van der Waals surface area contributed by atoms with Crippen molar-refractivity contribution >= 4 is 45.7 Å². The third-order valence-corrected chi connectivity index (χ3v) is 9.05. The average molecular weight is 601 g/mol. The molecule has 1 heterocycles. The highest BCUT2D eigenvalue weighted by molar-refractivity contribution is 7.16. The molecule has 0 aliphatic heterocycles. The van der Waals surface area contributed by atoms with Crippen molar-refractivity contribution in [1.82, 2.24) is 0 Å². The van der Waals surface area contributed by atoms with Gasteiger partial charge in [-0.25, -0.2) is 4.99 Å². The number of ether oxygens (including phenoxy) is 2. The zero-order chi connectivity index (χ0) is 29.7. The fourth-order valence-corrected chi connectivity index (χ4v) is 6.62. The topological polar surface area (TPSA) is 59.9 Å². The fourth-order valence-electron chi connectivity index (χ4n) is 5.22. The Kier molecular flexibility index (Phi) is 9.34. The smallest absolute Gasteiger partial charge is 0.259 e. The van der Waals surface area contributed by atoms with Crippen LogP contribution in [-0.4, -0.2) is 18.7 Å². The normalized spacial score (nSPS) is 14.9. The molecule has 1 aliphatic carbocycles. The van der Waals surface area contributed by atoms with Crippen molar-refractivity contribution in [3.8, 4) is 11.5 Å². The lowest BCUT2D eigenvalue weighted by molar-refractivity contribution is 0.102. The highest BCUT2D eigenvalue weighted by atomic mass is 35.5. The summed E-state index contributed by atoms with van der Waals surface area (Å²) in [4.78, 5) is 19.8. The van der Waals surface area contributed by atoms with Crippen molar-refractivity contribution in [2.75, 3.05) is 11.9 Å². The van der Waals surface area contributed by atoms with Crippen LogP contribution in [0.4, 0.5) is 10.7 Å². The average Bonchev–Trinajstić information content (AvgIpc) is 3.35. The zero-order valence-electron chi connectivity index (χ0n) is 24.6. The second-order valence-corrected chi connectivity index (χ2v) is 13.1. The van der Waals surface area contributed by atoms with E-state index in [-0.39, 0.29) is 11.3 Å². The Morgan fingerprint density at radius 2 is 1.81 bits per heavy atom. The van der Waals surface area contributed by atoms with Gasteiger partial charge >= 0.3 is 0 Å². The van der Waals surface area contributed by atoms with Gasteiger partial charge in [-0.2, -0.15) is 0 Å². The van der Waals surface area contributed by atoms with E-state index in [2.05, 4.69) is 26.1 Å². The molecule has 1 N–H and O–H groups in total. The minimum absolute atomic E-state index is 0.143. The number of carbonyl (C=O) groups excluding carboxylic acids is 1. The Labute approximate surface area is 257 Å². The van der Waals surface area contributed by atoms with Gasteiger partial charge in [0.1, 0.15) is 11.6 Å². The van der Waals surface area contributed by atoms with Crippen molar-refractivity contribution in [3.63, 3.8) is 0 Å². The number of nitrogens with zero attached hydrogens (tertiary/aromatic N) is 1. The molecule has 0 fully saturated rings. The van der Waals surface area contributed by atoms with Crippen LogP contribution < -0.4 is 14.8 Å². The summed E-state index contributed by atoms with van der Waals surface area (Å²) in [6, 6.07) is 23.0. The van der Waals surface area contributed by atoms with Gasteiger partial charge in [0, 0.05) is 21.8 Å². The molecule has 1 atom stereocenters. The number of carbonyl (C=O) groups is 1. The number of anilines is 1. The molecule has 1 aromatic heterocycles. The molecule has 7 heteroatoms. The molecule has 4 aromatic rings. The Bertz CT molecular complexity index is 1560. The van der Waals surface area contributed by atoms with Crippen molar-refractivity contribution in [2.45, 2.75) is 53.6 Å². The number of hydrogen-bond acceptors (Lipinski definition) is 5. The number of rotatable bonds is 9. The molecule has 1 aliphatic rings. The molecule has 5 rings (SSSR count). The number of hydrogen-bond donors (Lipinski definition) is 1. The number of fused-ring (bicyclic) bond motifs is 1. The van der Waals surface area contributed by atoms with Crippen LogP contribution in [0.15, 0.2) is 77.8 Å². The summed E-state index contributed by atoms with van der Waals surface area (Å²) in [7, 11) is 0. The number of aliphatic imine (C=N–C) groups is 1. The van der Waals surface area contributed by atoms with Gasteiger partial charge in [-0.3, -0.25) is 4.79 Å². The van der Waals surface area contributed by atoms with E-state index in [4.69, 9.17) is 26.1 Å². The fraction of sp³-hybridized carbons (Fsp3) is 0.314. The summed E-state index contributed by atoms with van der Waals surface area (Å²) in [5.74, 6) is 1.76. The van der Waals surface area contributed by atoms with Crippen LogP contribution in [0.5, 0.6) is 11.5 Å². The van der Waals surface area contributed by atoms with E-state index in [0.29, 0.717) is 46.9 Å². The Morgan fingerprint density at radius 1 is 1.05 bits per heavy atom. The van der Waals surface area contributed by atoms with Gasteiger partial charge in [0.15, 0.2) is 11.5 Å². The summed E-state index contributed by atoms with van der Waals surface area (Å²) in [6.07, 6.45) is 4.69. The molecule has 0 saturated heterocycles. The third kappa shape index (κ3) is 7.23. The van der Waals surface area contributed by atoms with E-state index < -0.39 is 0 Å². The van der Waals surface area contributed by atoms with E-state index in [1.165, 1.54) is 4.88 Å². The number of halogens is 1. The molecule has 218 valence electrons. The predicted octanol–water partition coefficient (Wildman–Crippen LogP) is 9.53. The highest BCUT2D eigenvalue weighted by Gasteiger charge is 2.33. The summed E-state index contributed by atoms with van der Waals surface area (Å²) in [5.41, 5.74) is 4.66. The first-order valence-corrected chi connectivity index (χ1v) is 15.6. The van der Waals surface area contributed by atoms with Gasteiger partial charge in [-0.05, 0) is 96.7 Å². The van der Waals surface area contributed by atoms with Gasteiger partial charge in [0.2, 0.25) is 0 Å². The van der Waals surface area contributed by atoms with E-state index in [1.807, 2.05) is 67.6 Å². The first kappa shape index (κ1) is 29.9. The Balaban J connectivity index is 1.43. The van der Waals surface area contributed by atoms with Crippen molar-refractivity contribution < 1.29 is 14.3 Å². The standard InChI is InChI=1S/C35H37ClN2O3S/c1-5-40-30-19-24(11-18-29(30)41-22-23-9-7-6-8-10-23)21-37-34-32(33(39)38-27-15-13-26(36)14-16-27)28-17-12-25(35(2,3)4)20-31(28)42-34/h6-11,13-16,18-19,21,25H,5,12,17,20,22H2,1-4H3,(H,38,39)/t25-/m1/s1. The third-order valence-electron chi connectivity index (χ3n) is 7.64. The van der Waals surface area contributed by atoms with Crippen LogP contribution in [0.2, 0.25) is 5.02 Å². The van der Waals surface area contributed by atoms with Crippen LogP contribution >= 0.6 is 22.9 Å².